The van der Waals surface area contributed by atoms with Crippen LogP contribution in [0, 0.1) is 17.7 Å². The van der Waals surface area contributed by atoms with E-state index in [1.165, 1.54) is 27.8 Å². The number of anilines is 1. The van der Waals surface area contributed by atoms with Crippen LogP contribution in [0.3, 0.4) is 0 Å². The molecule has 31 heavy (non-hydrogen) atoms. The largest absolute Gasteiger partial charge is 0.344 e. The summed E-state index contributed by atoms with van der Waals surface area (Å²) in [6, 6.07) is 3.84. The van der Waals surface area contributed by atoms with Gasteiger partial charge in [-0.1, -0.05) is 13.8 Å². The maximum absolute atomic E-state index is 13.2. The van der Waals surface area contributed by atoms with Crippen molar-refractivity contribution in [3.05, 3.63) is 41.7 Å². The first-order valence-corrected chi connectivity index (χ1v) is 12.3. The molecule has 0 bridgehead atoms. The van der Waals surface area contributed by atoms with Gasteiger partial charge in [-0.25, -0.2) is 17.8 Å². The summed E-state index contributed by atoms with van der Waals surface area (Å²) in [5.74, 6) is -2.02. The van der Waals surface area contributed by atoms with Crippen molar-refractivity contribution < 1.29 is 22.4 Å². The zero-order valence-corrected chi connectivity index (χ0v) is 18.9. The van der Waals surface area contributed by atoms with E-state index in [-0.39, 0.29) is 35.7 Å². The van der Waals surface area contributed by atoms with Crippen molar-refractivity contribution in [1.29, 1.82) is 0 Å². The highest BCUT2D eigenvalue weighted by molar-refractivity contribution is 7.89. The third kappa shape index (κ3) is 5.66. The maximum atomic E-state index is 13.2. The summed E-state index contributed by atoms with van der Waals surface area (Å²) < 4.78 is 40.2. The average Bonchev–Trinajstić information content (AvgIpc) is 3.25. The third-order valence-electron chi connectivity index (χ3n) is 5.12. The molecule has 2 atom stereocenters. The summed E-state index contributed by atoms with van der Waals surface area (Å²) in [4.78, 5) is 29.5. The van der Waals surface area contributed by atoms with Crippen LogP contribution in [0.25, 0.3) is 0 Å². The van der Waals surface area contributed by atoms with Gasteiger partial charge in [0.15, 0.2) is 5.13 Å². The number of nitrogens with zero attached hydrogens (tertiary/aromatic N) is 2. The maximum Gasteiger partial charge on any atom is 0.248 e. The first-order valence-electron chi connectivity index (χ1n) is 9.95. The second-order valence-corrected chi connectivity index (χ2v) is 10.5. The van der Waals surface area contributed by atoms with Crippen LogP contribution in [0.2, 0.25) is 0 Å². The van der Waals surface area contributed by atoms with Crippen LogP contribution >= 0.6 is 11.3 Å². The number of carbonyl (C=O) groups is 2. The molecular weight excluding hydrogens is 443 g/mol. The van der Waals surface area contributed by atoms with Crippen LogP contribution in [0.5, 0.6) is 0 Å². The number of halogens is 1. The fourth-order valence-electron chi connectivity index (χ4n) is 3.40. The Labute approximate surface area is 184 Å². The van der Waals surface area contributed by atoms with Crippen molar-refractivity contribution >= 4 is 38.3 Å². The van der Waals surface area contributed by atoms with Crippen molar-refractivity contribution in [3.63, 3.8) is 0 Å². The molecule has 1 aliphatic rings. The van der Waals surface area contributed by atoms with E-state index in [4.69, 9.17) is 0 Å². The monoisotopic (exact) mass is 468 g/mol. The highest BCUT2D eigenvalue weighted by Crippen LogP contribution is 2.24. The highest BCUT2D eigenvalue weighted by Gasteiger charge is 2.35. The zero-order valence-electron chi connectivity index (χ0n) is 17.2. The van der Waals surface area contributed by atoms with E-state index in [1.807, 2.05) is 13.8 Å². The molecule has 0 aliphatic carbocycles. The Morgan fingerprint density at radius 3 is 2.58 bits per heavy atom. The molecule has 1 unspecified atom stereocenters. The molecule has 0 radical (unpaired) electrons. The lowest BCUT2D eigenvalue weighted by Gasteiger charge is -2.32. The molecule has 1 saturated heterocycles. The number of thiazole rings is 1. The number of rotatable bonds is 7. The highest BCUT2D eigenvalue weighted by atomic mass is 32.2. The molecule has 0 saturated carbocycles. The van der Waals surface area contributed by atoms with Gasteiger partial charge in [-0.2, -0.15) is 4.31 Å². The number of piperidine rings is 1. The molecule has 3 rings (SSSR count). The van der Waals surface area contributed by atoms with Gasteiger partial charge in [0.2, 0.25) is 21.8 Å². The SMILES string of the molecule is CC(C)[C@@H](NC(=O)C1CCCN(S(=O)(=O)c2ccc(F)cc2)C1)C(=O)Nc1nccs1. The van der Waals surface area contributed by atoms with E-state index in [0.717, 1.165) is 12.1 Å². The second kappa shape index (κ2) is 9.84. The van der Waals surface area contributed by atoms with E-state index in [1.54, 1.807) is 11.6 Å². The molecule has 1 fully saturated rings. The lowest BCUT2D eigenvalue weighted by Crippen LogP contribution is -2.52. The van der Waals surface area contributed by atoms with Gasteiger partial charge in [-0.05, 0) is 43.0 Å². The lowest BCUT2D eigenvalue weighted by atomic mass is 9.96. The van der Waals surface area contributed by atoms with Gasteiger partial charge in [0.1, 0.15) is 11.9 Å². The molecule has 2 N–H and O–H groups in total. The Hall–Kier alpha value is -2.37. The van der Waals surface area contributed by atoms with Gasteiger partial charge in [0.25, 0.3) is 0 Å². The van der Waals surface area contributed by atoms with Gasteiger partial charge in [-0.3, -0.25) is 9.59 Å². The predicted octanol–water partition coefficient (Wildman–Crippen LogP) is 2.46. The summed E-state index contributed by atoms with van der Waals surface area (Å²) in [6.07, 6.45) is 2.60. The Bertz CT molecular complexity index is 1010. The summed E-state index contributed by atoms with van der Waals surface area (Å²) in [5, 5.41) is 7.64. The van der Waals surface area contributed by atoms with Crippen molar-refractivity contribution in [2.24, 2.45) is 11.8 Å². The minimum absolute atomic E-state index is 0.00442. The number of sulfonamides is 1. The number of amides is 2. The zero-order chi connectivity index (χ0) is 22.6. The Kier molecular flexibility index (Phi) is 7.39. The molecular formula is C20H25FN4O4S2. The van der Waals surface area contributed by atoms with Crippen molar-refractivity contribution in [3.8, 4) is 0 Å². The molecule has 168 valence electrons. The Morgan fingerprint density at radius 2 is 1.97 bits per heavy atom. The second-order valence-electron chi connectivity index (χ2n) is 7.71. The first-order chi connectivity index (χ1) is 14.7. The number of carbonyl (C=O) groups excluding carboxylic acids is 2. The predicted molar refractivity (Wildman–Crippen MR) is 115 cm³/mol. The number of nitrogens with one attached hydrogen (secondary N) is 2. The van der Waals surface area contributed by atoms with E-state index in [2.05, 4.69) is 15.6 Å². The quantitative estimate of drug-likeness (QED) is 0.649. The van der Waals surface area contributed by atoms with Gasteiger partial charge < -0.3 is 10.6 Å². The molecule has 2 aromatic rings. The fourth-order valence-corrected chi connectivity index (χ4v) is 5.46. The van der Waals surface area contributed by atoms with E-state index in [0.29, 0.717) is 18.0 Å². The molecule has 11 heteroatoms. The Balaban J connectivity index is 1.67. The van der Waals surface area contributed by atoms with Crippen molar-refractivity contribution in [1.82, 2.24) is 14.6 Å². The number of aromatic nitrogens is 1. The van der Waals surface area contributed by atoms with Crippen molar-refractivity contribution in [2.45, 2.75) is 37.6 Å². The van der Waals surface area contributed by atoms with E-state index in [9.17, 15) is 22.4 Å². The van der Waals surface area contributed by atoms with Crippen LogP contribution in [0.15, 0.2) is 40.7 Å². The third-order valence-corrected chi connectivity index (χ3v) is 7.68. The minimum Gasteiger partial charge on any atom is -0.344 e. The van der Waals surface area contributed by atoms with Crippen LogP contribution in [-0.4, -0.2) is 48.7 Å². The molecule has 2 heterocycles. The first kappa shape index (κ1) is 23.3. The molecule has 1 aliphatic heterocycles. The number of hydrogen-bond acceptors (Lipinski definition) is 6. The smallest absolute Gasteiger partial charge is 0.248 e. The summed E-state index contributed by atoms with van der Waals surface area (Å²) in [5.41, 5.74) is 0. The average molecular weight is 469 g/mol. The topological polar surface area (TPSA) is 108 Å². The van der Waals surface area contributed by atoms with Gasteiger partial charge in [0.05, 0.1) is 10.8 Å². The van der Waals surface area contributed by atoms with Crippen molar-refractivity contribution in [2.75, 3.05) is 18.4 Å². The van der Waals surface area contributed by atoms with E-state index >= 15 is 0 Å². The normalized spacial score (nSPS) is 18.5. The van der Waals surface area contributed by atoms with Gasteiger partial charge in [-0.15, -0.1) is 11.3 Å². The van der Waals surface area contributed by atoms with Crippen LogP contribution < -0.4 is 10.6 Å². The number of hydrogen-bond donors (Lipinski definition) is 2. The van der Waals surface area contributed by atoms with Crippen LogP contribution in [0.4, 0.5) is 9.52 Å². The van der Waals surface area contributed by atoms with Gasteiger partial charge >= 0.3 is 0 Å². The molecule has 8 nitrogen and oxygen atoms in total. The summed E-state index contributed by atoms with van der Waals surface area (Å²) in [6.45, 7) is 3.92. The fraction of sp³-hybridized carbons (Fsp3) is 0.450. The number of benzene rings is 1. The summed E-state index contributed by atoms with van der Waals surface area (Å²) in [7, 11) is -3.84. The van der Waals surface area contributed by atoms with Crippen LogP contribution in [-0.2, 0) is 19.6 Å². The van der Waals surface area contributed by atoms with E-state index < -0.39 is 27.8 Å². The molecule has 0 spiro atoms. The Morgan fingerprint density at radius 1 is 1.26 bits per heavy atom. The van der Waals surface area contributed by atoms with Gasteiger partial charge in [0, 0.05) is 24.7 Å². The minimum atomic E-state index is -3.84. The molecule has 2 amide bonds. The molecule has 1 aromatic heterocycles. The summed E-state index contributed by atoms with van der Waals surface area (Å²) >= 11 is 1.28. The van der Waals surface area contributed by atoms with Crippen LogP contribution in [0.1, 0.15) is 26.7 Å². The standard InChI is InChI=1S/C20H25FN4O4S2/c1-13(2)17(19(27)24-20-22-9-11-30-20)23-18(26)14-4-3-10-25(12-14)31(28,29)16-7-5-15(21)6-8-16/h5-9,11,13-14,17H,3-4,10,12H2,1-2H3,(H,23,26)(H,22,24,27)/t14?,17-/m1/s1. The lowest BCUT2D eigenvalue weighted by molar-refractivity contribution is -0.130. The molecule has 1 aromatic carbocycles.